The van der Waals surface area contributed by atoms with E-state index in [0.717, 1.165) is 17.5 Å². The standard InChI is InChI=1S/C28H17N3O9/c32-24(17-10-9-15-5-1-2-6-16(15)13-17)23(26-19-7-3-4-8-20(19)28(35)40-26)25(33)27(34)29-21-12-11-18(30(36)37)14-22(21)31(38)39/h1-14,23,26H,(H,29,34)/t23-,26+/m1/s1. The zero-order chi connectivity index (χ0) is 28.6. The lowest BCUT2D eigenvalue weighted by molar-refractivity contribution is -0.393. The van der Waals surface area contributed by atoms with Crippen LogP contribution < -0.4 is 5.32 Å². The molecule has 0 aliphatic carbocycles. The Kier molecular flexibility index (Phi) is 6.58. The number of carbonyl (C=O) groups excluding carboxylic acids is 4. The summed E-state index contributed by atoms with van der Waals surface area (Å²) in [4.78, 5) is 73.8. The highest BCUT2D eigenvalue weighted by Gasteiger charge is 2.46. The maximum Gasteiger partial charge on any atom is 0.339 e. The van der Waals surface area contributed by atoms with Crippen LogP contribution in [0.4, 0.5) is 17.1 Å². The van der Waals surface area contributed by atoms with E-state index in [-0.39, 0.29) is 16.7 Å². The average Bonchev–Trinajstić information content (AvgIpc) is 3.28. The molecule has 1 N–H and O–H groups in total. The molecule has 0 fully saturated rings. The van der Waals surface area contributed by atoms with E-state index in [0.29, 0.717) is 11.5 Å². The van der Waals surface area contributed by atoms with Gasteiger partial charge in [0.2, 0.25) is 5.78 Å². The largest absolute Gasteiger partial charge is 0.453 e. The number of fused-ring (bicyclic) bond motifs is 2. The van der Waals surface area contributed by atoms with Crippen LogP contribution in [0, 0.1) is 26.1 Å². The Morgan fingerprint density at radius 1 is 0.825 bits per heavy atom. The molecule has 0 unspecified atom stereocenters. The first kappa shape index (κ1) is 25.9. The predicted octanol–water partition coefficient (Wildman–Crippen LogP) is 4.57. The molecular formula is C28H17N3O9. The number of nitro benzene ring substituents is 2. The van der Waals surface area contributed by atoms with Crippen molar-refractivity contribution in [2.75, 3.05) is 5.32 Å². The van der Waals surface area contributed by atoms with Gasteiger partial charge in [-0.1, -0.05) is 54.6 Å². The van der Waals surface area contributed by atoms with E-state index < -0.39 is 62.4 Å². The summed E-state index contributed by atoms with van der Waals surface area (Å²) in [5, 5.41) is 26.1. The molecule has 0 bridgehead atoms. The van der Waals surface area contributed by atoms with Crippen LogP contribution >= 0.6 is 0 Å². The fraction of sp³-hybridized carbons (Fsp3) is 0.0714. The van der Waals surface area contributed by atoms with Gasteiger partial charge in [0.1, 0.15) is 17.7 Å². The molecule has 0 spiro atoms. The van der Waals surface area contributed by atoms with Gasteiger partial charge in [-0.2, -0.15) is 0 Å². The number of anilines is 1. The third kappa shape index (κ3) is 4.65. The molecule has 4 aromatic carbocycles. The summed E-state index contributed by atoms with van der Waals surface area (Å²) < 4.78 is 5.41. The number of amides is 1. The summed E-state index contributed by atoms with van der Waals surface area (Å²) in [6.45, 7) is 0. The number of hydrogen-bond acceptors (Lipinski definition) is 9. The lowest BCUT2D eigenvalue weighted by Gasteiger charge is -2.21. The number of nitro groups is 2. The van der Waals surface area contributed by atoms with Gasteiger partial charge in [0.05, 0.1) is 21.5 Å². The van der Waals surface area contributed by atoms with E-state index in [9.17, 15) is 39.4 Å². The third-order valence-electron chi connectivity index (χ3n) is 6.48. The van der Waals surface area contributed by atoms with Crippen molar-refractivity contribution in [3.8, 4) is 0 Å². The summed E-state index contributed by atoms with van der Waals surface area (Å²) in [6.07, 6.45) is -1.44. The van der Waals surface area contributed by atoms with Crippen LogP contribution in [-0.4, -0.2) is 33.3 Å². The molecule has 12 nitrogen and oxygen atoms in total. The number of ketones is 2. The summed E-state index contributed by atoms with van der Waals surface area (Å²) >= 11 is 0. The van der Waals surface area contributed by atoms with Crippen molar-refractivity contribution in [1.29, 1.82) is 0 Å². The molecule has 1 heterocycles. The lowest BCUT2D eigenvalue weighted by atomic mass is 9.84. The number of Topliss-reactive ketones (excluding diaryl/α,β-unsaturated/α-hetero) is 2. The number of hydrogen-bond donors (Lipinski definition) is 1. The molecule has 12 heteroatoms. The first-order valence-corrected chi connectivity index (χ1v) is 11.8. The number of nitrogens with one attached hydrogen (secondary N) is 1. The van der Waals surface area contributed by atoms with Crippen LogP contribution in [0.15, 0.2) is 84.9 Å². The van der Waals surface area contributed by atoms with E-state index in [1.807, 2.05) is 12.1 Å². The third-order valence-corrected chi connectivity index (χ3v) is 6.48. The molecule has 40 heavy (non-hydrogen) atoms. The maximum absolute atomic E-state index is 13.8. The highest BCUT2D eigenvalue weighted by atomic mass is 16.6. The van der Waals surface area contributed by atoms with Crippen LogP contribution in [-0.2, 0) is 14.3 Å². The number of nitrogens with zero attached hydrogens (tertiary/aromatic N) is 2. The zero-order valence-corrected chi connectivity index (χ0v) is 20.3. The van der Waals surface area contributed by atoms with Gasteiger partial charge < -0.3 is 10.1 Å². The fourth-order valence-corrected chi connectivity index (χ4v) is 4.55. The number of non-ortho nitro benzene ring substituents is 1. The van der Waals surface area contributed by atoms with Crippen LogP contribution in [0.5, 0.6) is 0 Å². The van der Waals surface area contributed by atoms with Gasteiger partial charge in [-0.15, -0.1) is 0 Å². The van der Waals surface area contributed by atoms with Crippen molar-refractivity contribution in [3.05, 3.63) is 122 Å². The Labute approximate surface area is 224 Å². The fourth-order valence-electron chi connectivity index (χ4n) is 4.55. The second kappa shape index (κ2) is 10.2. The van der Waals surface area contributed by atoms with Crippen LogP contribution in [0.2, 0.25) is 0 Å². The van der Waals surface area contributed by atoms with Gasteiger partial charge in [-0.05, 0) is 29.0 Å². The highest BCUT2D eigenvalue weighted by Crippen LogP contribution is 2.39. The molecular weight excluding hydrogens is 522 g/mol. The second-order valence-electron chi connectivity index (χ2n) is 8.85. The molecule has 0 saturated heterocycles. The zero-order valence-electron chi connectivity index (χ0n) is 20.3. The first-order chi connectivity index (χ1) is 19.2. The summed E-state index contributed by atoms with van der Waals surface area (Å²) in [7, 11) is 0. The molecule has 1 aliphatic heterocycles. The quantitative estimate of drug-likeness (QED) is 0.0839. The topological polar surface area (TPSA) is 176 Å². The van der Waals surface area contributed by atoms with E-state index in [1.54, 1.807) is 36.4 Å². The maximum atomic E-state index is 13.8. The molecule has 5 rings (SSSR count). The Balaban J connectivity index is 1.54. The molecule has 198 valence electrons. The van der Waals surface area contributed by atoms with Crippen LogP contribution in [0.1, 0.15) is 32.4 Å². The normalized spacial score (nSPS) is 14.6. The Morgan fingerprint density at radius 3 is 2.25 bits per heavy atom. The Hall–Kier alpha value is -5.78. The van der Waals surface area contributed by atoms with Crippen molar-refractivity contribution in [2.45, 2.75) is 6.10 Å². The van der Waals surface area contributed by atoms with Gasteiger partial charge in [-0.25, -0.2) is 4.79 Å². The summed E-state index contributed by atoms with van der Waals surface area (Å²) in [5.74, 6) is -6.14. The molecule has 0 aromatic heterocycles. The molecule has 0 saturated carbocycles. The number of cyclic esters (lactones) is 1. The smallest absolute Gasteiger partial charge is 0.339 e. The SMILES string of the molecule is O=C(Nc1ccc([N+](=O)[O-])cc1[N+](=O)[O-])C(=O)[C@@H](C(=O)c1ccc2ccccc2c1)[C@H]1OC(=O)c2ccccc21. The minimum absolute atomic E-state index is 0.0756. The van der Waals surface area contributed by atoms with Gasteiger partial charge in [0.15, 0.2) is 5.78 Å². The van der Waals surface area contributed by atoms with E-state index in [2.05, 4.69) is 5.32 Å². The number of carbonyl (C=O) groups is 4. The Bertz CT molecular complexity index is 1770. The Morgan fingerprint density at radius 2 is 1.52 bits per heavy atom. The van der Waals surface area contributed by atoms with Crippen molar-refractivity contribution < 1.29 is 33.8 Å². The van der Waals surface area contributed by atoms with E-state index >= 15 is 0 Å². The minimum Gasteiger partial charge on any atom is -0.453 e. The molecule has 4 aromatic rings. The average molecular weight is 539 g/mol. The molecule has 1 aliphatic rings. The van der Waals surface area contributed by atoms with E-state index in [1.165, 1.54) is 18.2 Å². The first-order valence-electron chi connectivity index (χ1n) is 11.8. The van der Waals surface area contributed by atoms with Crippen molar-refractivity contribution in [1.82, 2.24) is 0 Å². The van der Waals surface area contributed by atoms with Gasteiger partial charge in [0, 0.05) is 17.2 Å². The predicted molar refractivity (Wildman–Crippen MR) is 140 cm³/mol. The molecule has 2 atom stereocenters. The minimum atomic E-state index is -1.83. The van der Waals surface area contributed by atoms with Crippen molar-refractivity contribution in [2.24, 2.45) is 5.92 Å². The number of esters is 1. The van der Waals surface area contributed by atoms with Gasteiger partial charge in [0.25, 0.3) is 17.3 Å². The van der Waals surface area contributed by atoms with Gasteiger partial charge in [-0.3, -0.25) is 34.6 Å². The summed E-state index contributed by atoms with van der Waals surface area (Å²) in [5.41, 5.74) is -1.49. The molecule has 1 amide bonds. The van der Waals surface area contributed by atoms with Gasteiger partial charge >= 0.3 is 5.97 Å². The summed E-state index contributed by atoms with van der Waals surface area (Å²) in [6, 6.07) is 20.4. The van der Waals surface area contributed by atoms with Crippen molar-refractivity contribution >= 4 is 51.3 Å². The van der Waals surface area contributed by atoms with Crippen LogP contribution in [0.3, 0.4) is 0 Å². The number of benzene rings is 4. The van der Waals surface area contributed by atoms with Crippen LogP contribution in [0.25, 0.3) is 10.8 Å². The highest BCUT2D eigenvalue weighted by molar-refractivity contribution is 6.45. The second-order valence-corrected chi connectivity index (χ2v) is 8.85. The number of rotatable bonds is 8. The number of ether oxygens (including phenoxy) is 1. The van der Waals surface area contributed by atoms with Crippen molar-refractivity contribution in [3.63, 3.8) is 0 Å². The lowest BCUT2D eigenvalue weighted by Crippen LogP contribution is -2.38. The monoisotopic (exact) mass is 539 g/mol. The molecule has 0 radical (unpaired) electrons. The van der Waals surface area contributed by atoms with E-state index in [4.69, 9.17) is 4.74 Å².